The first-order valence-electron chi connectivity index (χ1n) is 8.09. The number of methoxy groups -OCH3 is 1. The Morgan fingerprint density at radius 3 is 2.77 bits per heavy atom. The van der Waals surface area contributed by atoms with E-state index in [-0.39, 0.29) is 12.2 Å². The number of hydrogen-bond donors (Lipinski definition) is 0. The summed E-state index contributed by atoms with van der Waals surface area (Å²) in [6.07, 6.45) is 0.299. The van der Waals surface area contributed by atoms with Gasteiger partial charge in [0.15, 0.2) is 0 Å². The first-order valence-corrected chi connectivity index (χ1v) is 8.09. The summed E-state index contributed by atoms with van der Waals surface area (Å²) >= 11 is 0. The third kappa shape index (κ3) is 5.81. The fourth-order valence-electron chi connectivity index (χ4n) is 2.15. The van der Waals surface area contributed by atoms with Crippen molar-refractivity contribution in [2.75, 3.05) is 38.3 Å². The Morgan fingerprint density at radius 1 is 1.41 bits per heavy atom. The van der Waals surface area contributed by atoms with E-state index in [9.17, 15) is 0 Å². The van der Waals surface area contributed by atoms with Gasteiger partial charge in [-0.25, -0.2) is 0 Å². The van der Waals surface area contributed by atoms with E-state index >= 15 is 0 Å². The van der Waals surface area contributed by atoms with Crippen LogP contribution in [0.5, 0.6) is 5.88 Å². The molecule has 2 atom stereocenters. The third-order valence-corrected chi connectivity index (χ3v) is 3.37. The van der Waals surface area contributed by atoms with Crippen molar-refractivity contribution in [2.45, 2.75) is 46.8 Å². The van der Waals surface area contributed by atoms with E-state index in [1.807, 2.05) is 26.8 Å². The molecule has 1 unspecified atom stereocenters. The van der Waals surface area contributed by atoms with Crippen LogP contribution in [0, 0.1) is 6.92 Å². The maximum Gasteiger partial charge on any atom is 0.215 e. The second kappa shape index (κ2) is 9.64. The van der Waals surface area contributed by atoms with Gasteiger partial charge >= 0.3 is 0 Å². The fourth-order valence-corrected chi connectivity index (χ4v) is 2.15. The highest BCUT2D eigenvalue weighted by atomic mass is 16.5. The van der Waals surface area contributed by atoms with Crippen LogP contribution in [0.4, 0.5) is 5.82 Å². The van der Waals surface area contributed by atoms with E-state index < -0.39 is 0 Å². The molecule has 126 valence electrons. The highest BCUT2D eigenvalue weighted by molar-refractivity contribution is 5.44. The van der Waals surface area contributed by atoms with Gasteiger partial charge in [0.25, 0.3) is 0 Å². The van der Waals surface area contributed by atoms with E-state index in [0.29, 0.717) is 12.5 Å². The zero-order valence-electron chi connectivity index (χ0n) is 14.8. The number of anilines is 1. The summed E-state index contributed by atoms with van der Waals surface area (Å²) in [6.45, 7) is 13.1. The van der Waals surface area contributed by atoms with Crippen molar-refractivity contribution in [3.05, 3.63) is 17.7 Å². The van der Waals surface area contributed by atoms with E-state index in [1.165, 1.54) is 0 Å². The van der Waals surface area contributed by atoms with Gasteiger partial charge in [0.05, 0.1) is 18.8 Å². The molecule has 1 aliphatic rings. The maximum absolute atomic E-state index is 5.70. The fraction of sp³-hybridized carbons (Fsp3) is 0.706. The minimum Gasteiger partial charge on any atom is -0.475 e. The minimum absolute atomic E-state index is 0.0594. The lowest BCUT2D eigenvalue weighted by atomic mass is 10.2. The molecular weight excluding hydrogens is 280 g/mol. The smallest absolute Gasteiger partial charge is 0.215 e. The van der Waals surface area contributed by atoms with E-state index in [1.54, 1.807) is 7.11 Å². The molecule has 22 heavy (non-hydrogen) atoms. The van der Waals surface area contributed by atoms with Crippen LogP contribution in [-0.4, -0.2) is 50.6 Å². The number of hydrogen-bond acceptors (Lipinski definition) is 5. The number of morpholine rings is 1. The highest BCUT2D eigenvalue weighted by Crippen LogP contribution is 2.21. The molecule has 0 spiro atoms. The minimum atomic E-state index is 0.0594. The largest absolute Gasteiger partial charge is 0.475 e. The molecule has 1 aromatic rings. The van der Waals surface area contributed by atoms with Crippen LogP contribution in [0.15, 0.2) is 12.1 Å². The van der Waals surface area contributed by atoms with E-state index in [0.717, 1.165) is 31.1 Å². The molecule has 1 fully saturated rings. The summed E-state index contributed by atoms with van der Waals surface area (Å²) in [4.78, 5) is 6.83. The Labute approximate surface area is 134 Å². The van der Waals surface area contributed by atoms with Gasteiger partial charge in [-0.3, -0.25) is 0 Å². The summed E-state index contributed by atoms with van der Waals surface area (Å²) in [7, 11) is 1.68. The number of nitrogens with zero attached hydrogens (tertiary/aromatic N) is 2. The van der Waals surface area contributed by atoms with Crippen molar-refractivity contribution in [2.24, 2.45) is 0 Å². The monoisotopic (exact) mass is 310 g/mol. The summed E-state index contributed by atoms with van der Waals surface area (Å²) in [5.41, 5.74) is 1.15. The second-order valence-electron chi connectivity index (χ2n) is 5.33. The van der Waals surface area contributed by atoms with Gasteiger partial charge in [-0.05, 0) is 32.4 Å². The average Bonchev–Trinajstić information content (AvgIpc) is 2.54. The zero-order valence-corrected chi connectivity index (χ0v) is 14.8. The lowest BCUT2D eigenvalue weighted by Gasteiger charge is -2.32. The van der Waals surface area contributed by atoms with Crippen LogP contribution >= 0.6 is 0 Å². The van der Waals surface area contributed by atoms with Crippen molar-refractivity contribution < 1.29 is 14.2 Å². The molecule has 0 aromatic carbocycles. The Balaban J connectivity index is 0.00000116. The summed E-state index contributed by atoms with van der Waals surface area (Å²) in [5.74, 6) is 1.61. The molecule has 1 saturated heterocycles. The Kier molecular flexibility index (Phi) is 8.20. The van der Waals surface area contributed by atoms with Crippen LogP contribution in [-0.2, 0) is 9.47 Å². The van der Waals surface area contributed by atoms with Gasteiger partial charge in [0.2, 0.25) is 5.88 Å². The molecule has 0 bridgehead atoms. The standard InChI is InChI=1S/C15H24N2O3.C2H6/c1-11-7-14(17-5-6-19-12(2)9-17)16-15(8-11)20-10-13(3)18-4;1-2/h7-8,12-13H,5-6,9-10H2,1-4H3;1-2H3/t12?,13-;/m1./s1. The topological polar surface area (TPSA) is 43.8 Å². The van der Waals surface area contributed by atoms with Gasteiger partial charge in [-0.2, -0.15) is 4.98 Å². The molecule has 0 aliphatic carbocycles. The molecule has 0 N–H and O–H groups in total. The van der Waals surface area contributed by atoms with Gasteiger partial charge < -0.3 is 19.1 Å². The zero-order chi connectivity index (χ0) is 16.5. The average molecular weight is 310 g/mol. The maximum atomic E-state index is 5.70. The number of aryl methyl sites for hydroxylation is 1. The normalized spacial score (nSPS) is 19.2. The van der Waals surface area contributed by atoms with Crippen molar-refractivity contribution in [3.63, 3.8) is 0 Å². The molecular formula is C17H30N2O3. The van der Waals surface area contributed by atoms with Gasteiger partial charge in [-0.15, -0.1) is 0 Å². The van der Waals surface area contributed by atoms with Gasteiger partial charge in [0.1, 0.15) is 12.4 Å². The van der Waals surface area contributed by atoms with Gasteiger partial charge in [-0.1, -0.05) is 13.8 Å². The molecule has 5 nitrogen and oxygen atoms in total. The predicted molar refractivity (Wildman–Crippen MR) is 89.9 cm³/mol. The lowest BCUT2D eigenvalue weighted by molar-refractivity contribution is 0.0527. The van der Waals surface area contributed by atoms with Crippen LogP contribution in [0.25, 0.3) is 0 Å². The van der Waals surface area contributed by atoms with Crippen LogP contribution in [0.2, 0.25) is 0 Å². The Morgan fingerprint density at radius 2 is 2.14 bits per heavy atom. The molecule has 1 aliphatic heterocycles. The summed E-state index contributed by atoms with van der Waals surface area (Å²) < 4.78 is 16.5. The van der Waals surface area contributed by atoms with E-state index in [4.69, 9.17) is 14.2 Å². The first kappa shape index (κ1) is 18.7. The van der Waals surface area contributed by atoms with Crippen molar-refractivity contribution in [3.8, 4) is 5.88 Å². The number of ether oxygens (including phenoxy) is 3. The van der Waals surface area contributed by atoms with Crippen LogP contribution in [0.1, 0.15) is 33.3 Å². The van der Waals surface area contributed by atoms with E-state index in [2.05, 4.69) is 29.8 Å². The number of aromatic nitrogens is 1. The Hall–Kier alpha value is -1.33. The summed E-state index contributed by atoms with van der Waals surface area (Å²) in [5, 5.41) is 0. The molecule has 0 radical (unpaired) electrons. The van der Waals surface area contributed by atoms with Crippen molar-refractivity contribution in [1.82, 2.24) is 4.98 Å². The molecule has 0 saturated carbocycles. The van der Waals surface area contributed by atoms with Crippen molar-refractivity contribution in [1.29, 1.82) is 0 Å². The highest BCUT2D eigenvalue weighted by Gasteiger charge is 2.18. The third-order valence-electron chi connectivity index (χ3n) is 3.37. The number of rotatable bonds is 5. The SMILES string of the molecule is CC.CO[C@H](C)COc1cc(C)cc(N2CCOC(C)C2)n1. The predicted octanol–water partition coefficient (Wildman–Crippen LogP) is 3.06. The quantitative estimate of drug-likeness (QED) is 0.836. The van der Waals surface area contributed by atoms with Gasteiger partial charge in [0, 0.05) is 26.3 Å². The van der Waals surface area contributed by atoms with Crippen LogP contribution in [0.3, 0.4) is 0 Å². The molecule has 2 heterocycles. The summed E-state index contributed by atoms with van der Waals surface area (Å²) in [6, 6.07) is 4.04. The molecule has 5 heteroatoms. The first-order chi connectivity index (χ1) is 10.6. The molecule has 0 amide bonds. The Bertz CT molecular complexity index is 440. The molecule has 1 aromatic heterocycles. The number of pyridine rings is 1. The van der Waals surface area contributed by atoms with Crippen LogP contribution < -0.4 is 9.64 Å². The second-order valence-corrected chi connectivity index (χ2v) is 5.33. The molecule has 2 rings (SSSR count). The van der Waals surface area contributed by atoms with Crippen molar-refractivity contribution >= 4 is 5.82 Å². The lowest BCUT2D eigenvalue weighted by Crippen LogP contribution is -2.41.